The Balaban J connectivity index is 2.11. The number of phenols is 1. The quantitative estimate of drug-likeness (QED) is 0.787. The van der Waals surface area contributed by atoms with E-state index in [9.17, 15) is 5.11 Å². The van der Waals surface area contributed by atoms with Gasteiger partial charge in [-0.25, -0.2) is 0 Å². The lowest BCUT2D eigenvalue weighted by Gasteiger charge is -2.22. The van der Waals surface area contributed by atoms with E-state index in [-0.39, 0.29) is 0 Å². The SMILES string of the molecule is CN1CCC=C(c2c[nH]c3ccc(O)cc23)C1. The van der Waals surface area contributed by atoms with Gasteiger partial charge in [0, 0.05) is 35.8 Å². The molecule has 2 N–H and O–H groups in total. The summed E-state index contributed by atoms with van der Waals surface area (Å²) < 4.78 is 0. The zero-order chi connectivity index (χ0) is 11.8. The van der Waals surface area contributed by atoms with E-state index >= 15 is 0 Å². The monoisotopic (exact) mass is 228 g/mol. The number of likely N-dealkylation sites (N-methyl/N-ethyl adjacent to an activating group) is 1. The number of fused-ring (bicyclic) bond motifs is 1. The number of aromatic amines is 1. The van der Waals surface area contributed by atoms with Crippen LogP contribution in [0.15, 0.2) is 30.5 Å². The van der Waals surface area contributed by atoms with Gasteiger partial charge in [0.2, 0.25) is 0 Å². The van der Waals surface area contributed by atoms with Crippen LogP contribution in [0, 0.1) is 0 Å². The smallest absolute Gasteiger partial charge is 0.116 e. The number of rotatable bonds is 1. The van der Waals surface area contributed by atoms with E-state index in [4.69, 9.17) is 0 Å². The maximum absolute atomic E-state index is 9.58. The number of nitrogens with zero attached hydrogens (tertiary/aromatic N) is 1. The lowest BCUT2D eigenvalue weighted by Crippen LogP contribution is -2.24. The van der Waals surface area contributed by atoms with Crippen LogP contribution in [0.5, 0.6) is 5.75 Å². The molecule has 2 aromatic rings. The zero-order valence-electron chi connectivity index (χ0n) is 9.90. The molecule has 88 valence electrons. The normalized spacial score (nSPS) is 17.4. The zero-order valence-corrected chi connectivity index (χ0v) is 9.90. The number of hydrogen-bond donors (Lipinski definition) is 2. The summed E-state index contributed by atoms with van der Waals surface area (Å²) in [5.41, 5.74) is 3.63. The first-order valence-electron chi connectivity index (χ1n) is 5.92. The molecule has 3 nitrogen and oxygen atoms in total. The summed E-state index contributed by atoms with van der Waals surface area (Å²) in [6, 6.07) is 5.46. The molecule has 1 aromatic heterocycles. The van der Waals surface area contributed by atoms with Crippen molar-refractivity contribution in [2.45, 2.75) is 6.42 Å². The Morgan fingerprint density at radius 2 is 2.24 bits per heavy atom. The Morgan fingerprint density at radius 1 is 1.35 bits per heavy atom. The van der Waals surface area contributed by atoms with E-state index in [1.165, 1.54) is 11.1 Å². The van der Waals surface area contributed by atoms with Crippen LogP contribution in [0.25, 0.3) is 16.5 Å². The molecular weight excluding hydrogens is 212 g/mol. The number of aromatic nitrogens is 1. The van der Waals surface area contributed by atoms with Gasteiger partial charge in [-0.1, -0.05) is 6.08 Å². The van der Waals surface area contributed by atoms with E-state index < -0.39 is 0 Å². The summed E-state index contributed by atoms with van der Waals surface area (Å²) in [5.74, 6) is 0.322. The highest BCUT2D eigenvalue weighted by Crippen LogP contribution is 2.29. The van der Waals surface area contributed by atoms with Crippen LogP contribution >= 0.6 is 0 Å². The van der Waals surface area contributed by atoms with Gasteiger partial charge in [0.05, 0.1) is 0 Å². The molecule has 1 aliphatic heterocycles. The van der Waals surface area contributed by atoms with Crippen molar-refractivity contribution in [3.63, 3.8) is 0 Å². The first kappa shape index (κ1) is 10.4. The molecule has 0 bridgehead atoms. The first-order chi connectivity index (χ1) is 8.24. The van der Waals surface area contributed by atoms with Gasteiger partial charge >= 0.3 is 0 Å². The van der Waals surface area contributed by atoms with Gasteiger partial charge in [-0.3, -0.25) is 0 Å². The van der Waals surface area contributed by atoms with Gasteiger partial charge in [-0.15, -0.1) is 0 Å². The van der Waals surface area contributed by atoms with E-state index in [0.29, 0.717) is 5.75 Å². The minimum Gasteiger partial charge on any atom is -0.508 e. The summed E-state index contributed by atoms with van der Waals surface area (Å²) in [7, 11) is 2.14. The number of aromatic hydroxyl groups is 1. The minimum absolute atomic E-state index is 0.322. The molecule has 3 rings (SSSR count). The van der Waals surface area contributed by atoms with Crippen LogP contribution < -0.4 is 0 Å². The highest BCUT2D eigenvalue weighted by Gasteiger charge is 2.14. The van der Waals surface area contributed by atoms with Crippen molar-refractivity contribution in [1.29, 1.82) is 0 Å². The molecular formula is C14H16N2O. The Bertz CT molecular complexity index is 583. The molecule has 17 heavy (non-hydrogen) atoms. The second kappa shape index (κ2) is 3.93. The van der Waals surface area contributed by atoms with Crippen LogP contribution in [-0.2, 0) is 0 Å². The second-order valence-corrected chi connectivity index (χ2v) is 4.69. The fraction of sp³-hybridized carbons (Fsp3) is 0.286. The van der Waals surface area contributed by atoms with E-state index in [1.54, 1.807) is 6.07 Å². The highest BCUT2D eigenvalue weighted by molar-refractivity contribution is 5.93. The Labute approximate surface area is 100 Å². The predicted octanol–water partition coefficient (Wildman–Crippen LogP) is 2.59. The van der Waals surface area contributed by atoms with Crippen molar-refractivity contribution in [2.24, 2.45) is 0 Å². The predicted molar refractivity (Wildman–Crippen MR) is 70.1 cm³/mol. The maximum atomic E-state index is 9.58. The van der Waals surface area contributed by atoms with Crippen molar-refractivity contribution in [3.8, 4) is 5.75 Å². The third-order valence-corrected chi connectivity index (χ3v) is 3.35. The largest absolute Gasteiger partial charge is 0.508 e. The number of nitrogens with one attached hydrogen (secondary N) is 1. The molecule has 0 saturated heterocycles. The van der Waals surface area contributed by atoms with Crippen molar-refractivity contribution in [2.75, 3.05) is 20.1 Å². The summed E-state index contributed by atoms with van der Waals surface area (Å²) in [4.78, 5) is 5.57. The third-order valence-electron chi connectivity index (χ3n) is 3.35. The number of benzene rings is 1. The third kappa shape index (κ3) is 1.83. The maximum Gasteiger partial charge on any atom is 0.116 e. The summed E-state index contributed by atoms with van der Waals surface area (Å²) in [6.45, 7) is 2.10. The Hall–Kier alpha value is -1.74. The van der Waals surface area contributed by atoms with Crippen LogP contribution in [-0.4, -0.2) is 35.1 Å². The van der Waals surface area contributed by atoms with Gasteiger partial charge in [0.15, 0.2) is 0 Å². The fourth-order valence-corrected chi connectivity index (χ4v) is 2.46. The molecule has 0 radical (unpaired) electrons. The molecule has 1 aromatic carbocycles. The van der Waals surface area contributed by atoms with Gasteiger partial charge in [0.25, 0.3) is 0 Å². The van der Waals surface area contributed by atoms with Crippen LogP contribution in [0.4, 0.5) is 0 Å². The topological polar surface area (TPSA) is 39.3 Å². The van der Waals surface area contributed by atoms with Gasteiger partial charge in [-0.2, -0.15) is 0 Å². The lowest BCUT2D eigenvalue weighted by molar-refractivity contribution is 0.373. The molecule has 0 atom stereocenters. The highest BCUT2D eigenvalue weighted by atomic mass is 16.3. The molecule has 3 heteroatoms. The first-order valence-corrected chi connectivity index (χ1v) is 5.92. The number of hydrogen-bond acceptors (Lipinski definition) is 2. The van der Waals surface area contributed by atoms with Gasteiger partial charge in [-0.05, 0) is 37.2 Å². The van der Waals surface area contributed by atoms with Crippen molar-refractivity contribution < 1.29 is 5.11 Å². The van der Waals surface area contributed by atoms with Gasteiger partial charge in [0.1, 0.15) is 5.75 Å². The van der Waals surface area contributed by atoms with E-state index in [2.05, 4.69) is 23.0 Å². The van der Waals surface area contributed by atoms with Crippen molar-refractivity contribution >= 4 is 16.5 Å². The van der Waals surface area contributed by atoms with Crippen LogP contribution in [0.3, 0.4) is 0 Å². The molecule has 0 saturated carbocycles. The molecule has 2 heterocycles. The average molecular weight is 228 g/mol. The molecule has 0 unspecified atom stereocenters. The Kier molecular flexibility index (Phi) is 2.41. The van der Waals surface area contributed by atoms with E-state index in [0.717, 1.165) is 30.4 Å². The molecule has 0 fully saturated rings. The fourth-order valence-electron chi connectivity index (χ4n) is 2.46. The number of H-pyrrole nitrogens is 1. The molecule has 0 amide bonds. The average Bonchev–Trinajstić information content (AvgIpc) is 2.71. The summed E-state index contributed by atoms with van der Waals surface area (Å²) in [6.07, 6.45) is 5.43. The lowest BCUT2D eigenvalue weighted by atomic mass is 10.0. The summed E-state index contributed by atoms with van der Waals surface area (Å²) >= 11 is 0. The second-order valence-electron chi connectivity index (χ2n) is 4.69. The molecule has 0 aliphatic carbocycles. The standard InChI is InChI=1S/C14H16N2O/c1-16-6-2-3-10(9-16)13-8-15-14-5-4-11(17)7-12(13)14/h3-5,7-8,15,17H,2,6,9H2,1H3. The van der Waals surface area contributed by atoms with E-state index in [1.807, 2.05) is 18.3 Å². The molecule has 0 spiro atoms. The van der Waals surface area contributed by atoms with Gasteiger partial charge < -0.3 is 15.0 Å². The van der Waals surface area contributed by atoms with Crippen molar-refractivity contribution in [1.82, 2.24) is 9.88 Å². The van der Waals surface area contributed by atoms with Crippen LogP contribution in [0.2, 0.25) is 0 Å². The summed E-state index contributed by atoms with van der Waals surface area (Å²) in [5, 5.41) is 10.7. The minimum atomic E-state index is 0.322. The molecule has 1 aliphatic rings. The Morgan fingerprint density at radius 3 is 3.06 bits per heavy atom. The van der Waals surface area contributed by atoms with Crippen molar-refractivity contribution in [3.05, 3.63) is 36.0 Å². The van der Waals surface area contributed by atoms with Crippen LogP contribution in [0.1, 0.15) is 12.0 Å². The number of phenolic OH excluding ortho intramolecular Hbond substituents is 1.